The van der Waals surface area contributed by atoms with Crippen LogP contribution in [0, 0.1) is 0 Å². The highest BCUT2D eigenvalue weighted by atomic mass is 15.4. The summed E-state index contributed by atoms with van der Waals surface area (Å²) in [5.74, 6) is 3.35. The van der Waals surface area contributed by atoms with Gasteiger partial charge in [-0.25, -0.2) is 9.67 Å². The van der Waals surface area contributed by atoms with Crippen LogP contribution in [0.25, 0.3) is 0 Å². The van der Waals surface area contributed by atoms with Crippen LogP contribution in [0.15, 0.2) is 4.99 Å². The van der Waals surface area contributed by atoms with Crippen LogP contribution in [-0.4, -0.2) is 64.9 Å². The Morgan fingerprint density at radius 1 is 1.31 bits per heavy atom. The fourth-order valence-corrected chi connectivity index (χ4v) is 3.96. The number of aliphatic imine (C=N–C) groups is 1. The lowest BCUT2D eigenvalue weighted by molar-refractivity contribution is 0.249. The monoisotopic (exact) mass is 361 g/mol. The lowest BCUT2D eigenvalue weighted by Gasteiger charge is -2.27. The second kappa shape index (κ2) is 8.84. The van der Waals surface area contributed by atoms with Gasteiger partial charge in [-0.1, -0.05) is 26.7 Å². The van der Waals surface area contributed by atoms with Crippen LogP contribution in [0.4, 0.5) is 0 Å². The highest BCUT2D eigenvalue weighted by Gasteiger charge is 2.23. The SMILES string of the molecule is CN=C(NCCN(C)C1CCCC1)NC1CCc2nc(C(C)C)nn2C1. The molecule has 2 N–H and O–H groups in total. The molecule has 1 fully saturated rings. The van der Waals surface area contributed by atoms with Crippen LogP contribution in [0.1, 0.15) is 63.5 Å². The predicted molar refractivity (Wildman–Crippen MR) is 106 cm³/mol. The van der Waals surface area contributed by atoms with Crippen LogP contribution in [-0.2, 0) is 13.0 Å². The number of guanidine groups is 1. The molecule has 1 aliphatic heterocycles. The Morgan fingerprint density at radius 2 is 2.08 bits per heavy atom. The van der Waals surface area contributed by atoms with Gasteiger partial charge >= 0.3 is 0 Å². The first-order chi connectivity index (χ1) is 12.6. The zero-order chi connectivity index (χ0) is 18.5. The third-order valence-corrected chi connectivity index (χ3v) is 5.66. The van der Waals surface area contributed by atoms with E-state index in [0.29, 0.717) is 12.0 Å². The maximum atomic E-state index is 4.66. The van der Waals surface area contributed by atoms with E-state index in [1.807, 2.05) is 7.05 Å². The predicted octanol–water partition coefficient (Wildman–Crippen LogP) is 1.76. The average Bonchev–Trinajstić information content (AvgIpc) is 3.29. The van der Waals surface area contributed by atoms with Crippen LogP contribution in [0.5, 0.6) is 0 Å². The van der Waals surface area contributed by atoms with Gasteiger partial charge in [-0.3, -0.25) is 4.99 Å². The highest BCUT2D eigenvalue weighted by molar-refractivity contribution is 5.79. The van der Waals surface area contributed by atoms with E-state index in [1.54, 1.807) is 0 Å². The zero-order valence-electron chi connectivity index (χ0n) is 16.8. The van der Waals surface area contributed by atoms with E-state index in [-0.39, 0.29) is 0 Å². The van der Waals surface area contributed by atoms with E-state index in [2.05, 4.69) is 56.2 Å². The van der Waals surface area contributed by atoms with Gasteiger partial charge in [0.15, 0.2) is 11.8 Å². The fraction of sp³-hybridized carbons (Fsp3) is 0.842. The summed E-state index contributed by atoms with van der Waals surface area (Å²) in [5, 5.41) is 11.7. The van der Waals surface area contributed by atoms with Gasteiger partial charge in [0.25, 0.3) is 0 Å². The quantitative estimate of drug-likeness (QED) is 0.597. The first kappa shape index (κ1) is 19.1. The Labute approximate surface area is 157 Å². The molecule has 26 heavy (non-hydrogen) atoms. The minimum Gasteiger partial charge on any atom is -0.355 e. The van der Waals surface area contributed by atoms with Gasteiger partial charge in [0.05, 0.1) is 6.54 Å². The minimum atomic E-state index is 0.350. The van der Waals surface area contributed by atoms with Crippen molar-refractivity contribution in [2.45, 2.75) is 76.9 Å². The number of likely N-dealkylation sites (N-methyl/N-ethyl adjacent to an activating group) is 1. The smallest absolute Gasteiger partial charge is 0.191 e. The molecule has 2 heterocycles. The Balaban J connectivity index is 1.44. The maximum Gasteiger partial charge on any atom is 0.191 e. The molecular weight excluding hydrogens is 326 g/mol. The Morgan fingerprint density at radius 3 is 2.77 bits per heavy atom. The molecule has 146 valence electrons. The van der Waals surface area contributed by atoms with Crippen LogP contribution in [0.2, 0.25) is 0 Å². The molecule has 2 aliphatic rings. The summed E-state index contributed by atoms with van der Waals surface area (Å²) in [5.41, 5.74) is 0. The first-order valence-electron chi connectivity index (χ1n) is 10.2. The molecule has 1 aliphatic carbocycles. The van der Waals surface area contributed by atoms with Gasteiger partial charge in [0.2, 0.25) is 0 Å². The van der Waals surface area contributed by atoms with E-state index in [4.69, 9.17) is 0 Å². The lowest BCUT2D eigenvalue weighted by Crippen LogP contribution is -2.48. The van der Waals surface area contributed by atoms with Gasteiger partial charge < -0.3 is 15.5 Å². The molecule has 7 nitrogen and oxygen atoms in total. The maximum absolute atomic E-state index is 4.66. The van der Waals surface area contributed by atoms with Crippen molar-refractivity contribution in [3.05, 3.63) is 11.6 Å². The number of fused-ring (bicyclic) bond motifs is 1. The topological polar surface area (TPSA) is 70.4 Å². The Kier molecular flexibility index (Phi) is 6.51. The van der Waals surface area contributed by atoms with Crippen molar-refractivity contribution in [3.63, 3.8) is 0 Å². The number of hydrogen-bond acceptors (Lipinski definition) is 4. The summed E-state index contributed by atoms with van der Waals surface area (Å²) in [6, 6.07) is 1.12. The molecule has 7 heteroatoms. The highest BCUT2D eigenvalue weighted by Crippen LogP contribution is 2.21. The minimum absolute atomic E-state index is 0.350. The molecule has 1 aromatic rings. The summed E-state index contributed by atoms with van der Waals surface area (Å²) in [6.45, 7) is 7.13. The molecule has 0 bridgehead atoms. The van der Waals surface area contributed by atoms with Gasteiger partial charge in [-0.05, 0) is 26.3 Å². The van der Waals surface area contributed by atoms with E-state index < -0.39 is 0 Å². The number of rotatable bonds is 6. The van der Waals surface area contributed by atoms with Crippen molar-refractivity contribution in [1.29, 1.82) is 0 Å². The summed E-state index contributed by atoms with van der Waals surface area (Å²) < 4.78 is 2.07. The first-order valence-corrected chi connectivity index (χ1v) is 10.2. The van der Waals surface area contributed by atoms with Crippen LogP contribution >= 0.6 is 0 Å². The molecule has 1 aromatic heterocycles. The van der Waals surface area contributed by atoms with Gasteiger partial charge in [-0.15, -0.1) is 0 Å². The zero-order valence-corrected chi connectivity index (χ0v) is 16.8. The molecule has 0 spiro atoms. The molecule has 1 unspecified atom stereocenters. The van der Waals surface area contributed by atoms with Crippen LogP contribution in [0.3, 0.4) is 0 Å². The standard InChI is InChI=1S/C19H35N7/c1-14(2)18-23-17-10-9-15(13-26(17)24-18)22-19(20-3)21-11-12-25(4)16-7-5-6-8-16/h14-16H,5-13H2,1-4H3,(H2,20,21,22). The van der Waals surface area contributed by atoms with Crippen molar-refractivity contribution < 1.29 is 0 Å². The lowest BCUT2D eigenvalue weighted by atomic mass is 10.1. The second-order valence-electron chi connectivity index (χ2n) is 8.02. The van der Waals surface area contributed by atoms with Crippen molar-refractivity contribution in [3.8, 4) is 0 Å². The van der Waals surface area contributed by atoms with E-state index in [0.717, 1.165) is 56.1 Å². The van der Waals surface area contributed by atoms with Gasteiger partial charge in [0, 0.05) is 44.6 Å². The average molecular weight is 362 g/mol. The van der Waals surface area contributed by atoms with Crippen molar-refractivity contribution >= 4 is 5.96 Å². The van der Waals surface area contributed by atoms with E-state index in [1.165, 1.54) is 25.7 Å². The van der Waals surface area contributed by atoms with Crippen molar-refractivity contribution in [2.75, 3.05) is 27.2 Å². The summed E-state index contributed by atoms with van der Waals surface area (Å²) in [7, 11) is 4.09. The number of nitrogens with one attached hydrogen (secondary N) is 2. The normalized spacial score (nSPS) is 21.5. The molecule has 0 radical (unpaired) electrons. The summed E-state index contributed by atoms with van der Waals surface area (Å²) >= 11 is 0. The molecule has 1 atom stereocenters. The van der Waals surface area contributed by atoms with Crippen LogP contribution < -0.4 is 10.6 Å². The molecule has 3 rings (SSSR count). The number of aromatic nitrogens is 3. The molecule has 0 amide bonds. The Bertz CT molecular complexity index is 601. The fourth-order valence-electron chi connectivity index (χ4n) is 3.96. The largest absolute Gasteiger partial charge is 0.355 e. The number of hydrogen-bond donors (Lipinski definition) is 2. The van der Waals surface area contributed by atoms with E-state index >= 15 is 0 Å². The number of aryl methyl sites for hydroxylation is 1. The summed E-state index contributed by atoms with van der Waals surface area (Å²) in [6.07, 6.45) is 7.51. The van der Waals surface area contributed by atoms with E-state index in [9.17, 15) is 0 Å². The molecule has 0 saturated heterocycles. The third-order valence-electron chi connectivity index (χ3n) is 5.66. The Hall–Kier alpha value is -1.63. The second-order valence-corrected chi connectivity index (χ2v) is 8.02. The molecule has 1 saturated carbocycles. The van der Waals surface area contributed by atoms with Crippen molar-refractivity contribution in [1.82, 2.24) is 30.3 Å². The molecular formula is C19H35N7. The number of nitrogens with zero attached hydrogens (tertiary/aromatic N) is 5. The van der Waals surface area contributed by atoms with Crippen molar-refractivity contribution in [2.24, 2.45) is 4.99 Å². The third kappa shape index (κ3) is 4.75. The molecule has 0 aromatic carbocycles. The van der Waals surface area contributed by atoms with Gasteiger partial charge in [-0.2, -0.15) is 5.10 Å². The summed E-state index contributed by atoms with van der Waals surface area (Å²) in [4.78, 5) is 11.5. The van der Waals surface area contributed by atoms with Gasteiger partial charge in [0.1, 0.15) is 5.82 Å².